The van der Waals surface area contributed by atoms with E-state index in [1.54, 1.807) is 6.08 Å². The van der Waals surface area contributed by atoms with Crippen LogP contribution in [0.5, 0.6) is 0 Å². The van der Waals surface area contributed by atoms with Crippen molar-refractivity contribution in [2.45, 2.75) is 5.38 Å². The molecule has 1 rings (SSSR count). The van der Waals surface area contributed by atoms with E-state index < -0.39 is 5.38 Å². The van der Waals surface area contributed by atoms with Crippen LogP contribution in [0.3, 0.4) is 0 Å². The summed E-state index contributed by atoms with van der Waals surface area (Å²) < 4.78 is 0. The van der Waals surface area contributed by atoms with Gasteiger partial charge in [0.1, 0.15) is 5.38 Å². The molecule has 1 unspecified atom stereocenters. The van der Waals surface area contributed by atoms with Crippen LogP contribution in [0.1, 0.15) is 5.56 Å². The Morgan fingerprint density at radius 3 is 2.58 bits per heavy atom. The van der Waals surface area contributed by atoms with Gasteiger partial charge in [-0.15, -0.1) is 11.6 Å². The van der Waals surface area contributed by atoms with E-state index in [1.807, 2.05) is 42.5 Å². The fraction of sp³-hybridized carbons (Fsp3) is 0.100. The van der Waals surface area contributed by atoms with Crippen LogP contribution in [-0.2, 0) is 0 Å². The number of alkyl halides is 1. The smallest absolute Gasteiger partial charge is 0.139 e. The normalized spacial score (nSPS) is 12.7. The number of rotatable bonds is 2. The third-order valence-corrected chi connectivity index (χ3v) is 1.62. The number of benzene rings is 1. The van der Waals surface area contributed by atoms with Crippen molar-refractivity contribution in [3.05, 3.63) is 42.0 Å². The van der Waals surface area contributed by atoms with Gasteiger partial charge in [0, 0.05) is 0 Å². The van der Waals surface area contributed by atoms with E-state index in [4.69, 9.17) is 16.9 Å². The Balaban J connectivity index is 2.65. The molecule has 2 heteroatoms. The highest BCUT2D eigenvalue weighted by atomic mass is 35.5. The fourth-order valence-corrected chi connectivity index (χ4v) is 0.876. The maximum Gasteiger partial charge on any atom is 0.139 e. The Morgan fingerprint density at radius 1 is 1.33 bits per heavy atom. The van der Waals surface area contributed by atoms with Gasteiger partial charge in [0.05, 0.1) is 6.07 Å². The Kier molecular flexibility index (Phi) is 3.37. The number of nitrogens with zero attached hydrogens (tertiary/aromatic N) is 1. The first kappa shape index (κ1) is 8.83. The average molecular weight is 178 g/mol. The zero-order chi connectivity index (χ0) is 8.81. The molecule has 0 fully saturated rings. The third kappa shape index (κ3) is 2.77. The van der Waals surface area contributed by atoms with Crippen LogP contribution in [0, 0.1) is 11.3 Å². The summed E-state index contributed by atoms with van der Waals surface area (Å²) >= 11 is 5.57. The van der Waals surface area contributed by atoms with Gasteiger partial charge in [-0.05, 0) is 5.56 Å². The van der Waals surface area contributed by atoms with Crippen LogP contribution < -0.4 is 0 Å². The standard InChI is InChI=1S/C10H8ClN/c11-10(8-12)7-6-9-4-2-1-3-5-9/h1-7,10H/b7-6+. The molecule has 1 atom stereocenters. The topological polar surface area (TPSA) is 23.8 Å². The SMILES string of the molecule is N#CC(Cl)/C=C/c1ccccc1. The van der Waals surface area contributed by atoms with Crippen molar-refractivity contribution in [3.63, 3.8) is 0 Å². The number of hydrogen-bond acceptors (Lipinski definition) is 1. The van der Waals surface area contributed by atoms with Gasteiger partial charge >= 0.3 is 0 Å². The molecule has 1 nitrogen and oxygen atoms in total. The lowest BCUT2D eigenvalue weighted by Crippen LogP contribution is -1.84. The van der Waals surface area contributed by atoms with Crippen molar-refractivity contribution < 1.29 is 0 Å². The first-order valence-electron chi connectivity index (χ1n) is 3.60. The second kappa shape index (κ2) is 4.58. The van der Waals surface area contributed by atoms with Gasteiger partial charge in [-0.3, -0.25) is 0 Å². The minimum atomic E-state index is -0.537. The molecule has 0 N–H and O–H groups in total. The predicted octanol–water partition coefficient (Wildman–Crippen LogP) is 2.83. The Labute approximate surface area is 76.9 Å². The molecule has 0 aliphatic rings. The van der Waals surface area contributed by atoms with E-state index in [9.17, 15) is 0 Å². The van der Waals surface area contributed by atoms with Gasteiger partial charge in [-0.25, -0.2) is 0 Å². The lowest BCUT2D eigenvalue weighted by atomic mass is 10.2. The maximum absolute atomic E-state index is 8.38. The van der Waals surface area contributed by atoms with Gasteiger partial charge in [0.2, 0.25) is 0 Å². The number of hydrogen-bond donors (Lipinski definition) is 0. The molecular weight excluding hydrogens is 170 g/mol. The van der Waals surface area contributed by atoms with Gasteiger partial charge in [0.15, 0.2) is 0 Å². The van der Waals surface area contributed by atoms with Crippen molar-refractivity contribution >= 4 is 17.7 Å². The van der Waals surface area contributed by atoms with Crippen LogP contribution in [-0.4, -0.2) is 5.38 Å². The molecule has 12 heavy (non-hydrogen) atoms. The van der Waals surface area contributed by atoms with E-state index in [1.165, 1.54) is 0 Å². The highest BCUT2D eigenvalue weighted by Crippen LogP contribution is 2.04. The van der Waals surface area contributed by atoms with Crippen LogP contribution in [0.2, 0.25) is 0 Å². The van der Waals surface area contributed by atoms with E-state index in [0.29, 0.717) is 0 Å². The van der Waals surface area contributed by atoms with E-state index in [0.717, 1.165) is 5.56 Å². The molecule has 0 aromatic heterocycles. The second-order valence-electron chi connectivity index (χ2n) is 2.30. The number of allylic oxidation sites excluding steroid dienone is 1. The molecule has 0 aliphatic heterocycles. The van der Waals surface area contributed by atoms with Crippen LogP contribution in [0.25, 0.3) is 6.08 Å². The van der Waals surface area contributed by atoms with Gasteiger partial charge in [-0.1, -0.05) is 42.5 Å². The summed E-state index contributed by atoms with van der Waals surface area (Å²) in [7, 11) is 0. The lowest BCUT2D eigenvalue weighted by Gasteiger charge is -1.91. The molecule has 1 aromatic carbocycles. The van der Waals surface area contributed by atoms with Crippen molar-refractivity contribution in [3.8, 4) is 6.07 Å². The average Bonchev–Trinajstić information content (AvgIpc) is 2.16. The molecule has 0 saturated heterocycles. The van der Waals surface area contributed by atoms with E-state index in [-0.39, 0.29) is 0 Å². The lowest BCUT2D eigenvalue weighted by molar-refractivity contribution is 1.36. The summed E-state index contributed by atoms with van der Waals surface area (Å²) in [5.74, 6) is 0. The minimum Gasteiger partial charge on any atom is -0.196 e. The zero-order valence-corrected chi connectivity index (χ0v) is 7.20. The van der Waals surface area contributed by atoms with Crippen molar-refractivity contribution in [1.82, 2.24) is 0 Å². The largest absolute Gasteiger partial charge is 0.196 e. The zero-order valence-electron chi connectivity index (χ0n) is 6.44. The molecule has 0 heterocycles. The number of halogens is 1. The molecule has 0 aliphatic carbocycles. The van der Waals surface area contributed by atoms with Crippen molar-refractivity contribution in [2.75, 3.05) is 0 Å². The van der Waals surface area contributed by atoms with Gasteiger partial charge in [0.25, 0.3) is 0 Å². The Bertz CT molecular complexity index is 297. The molecule has 1 aromatic rings. The molecule has 0 bridgehead atoms. The van der Waals surface area contributed by atoms with Crippen LogP contribution in [0.15, 0.2) is 36.4 Å². The maximum atomic E-state index is 8.38. The van der Waals surface area contributed by atoms with E-state index >= 15 is 0 Å². The third-order valence-electron chi connectivity index (χ3n) is 1.38. The molecule has 0 spiro atoms. The summed E-state index contributed by atoms with van der Waals surface area (Å²) in [6, 6.07) is 11.6. The molecule has 0 amide bonds. The number of nitriles is 1. The van der Waals surface area contributed by atoms with Crippen LogP contribution >= 0.6 is 11.6 Å². The van der Waals surface area contributed by atoms with Gasteiger partial charge in [-0.2, -0.15) is 5.26 Å². The van der Waals surface area contributed by atoms with E-state index in [2.05, 4.69) is 0 Å². The summed E-state index contributed by atoms with van der Waals surface area (Å²) in [5.41, 5.74) is 1.05. The monoisotopic (exact) mass is 177 g/mol. The quantitative estimate of drug-likeness (QED) is 0.638. The predicted molar refractivity (Wildman–Crippen MR) is 50.7 cm³/mol. The Morgan fingerprint density at radius 2 is 2.00 bits per heavy atom. The summed E-state index contributed by atoms with van der Waals surface area (Å²) in [4.78, 5) is 0. The van der Waals surface area contributed by atoms with Crippen LogP contribution in [0.4, 0.5) is 0 Å². The van der Waals surface area contributed by atoms with Crippen molar-refractivity contribution in [2.24, 2.45) is 0 Å². The first-order chi connectivity index (χ1) is 5.83. The van der Waals surface area contributed by atoms with Crippen molar-refractivity contribution in [1.29, 1.82) is 5.26 Å². The molecule has 0 saturated carbocycles. The minimum absolute atomic E-state index is 0.537. The summed E-state index contributed by atoms with van der Waals surface area (Å²) in [6.45, 7) is 0. The first-order valence-corrected chi connectivity index (χ1v) is 4.03. The Hall–Kier alpha value is -1.26. The fourth-order valence-electron chi connectivity index (χ4n) is 0.803. The summed E-state index contributed by atoms with van der Waals surface area (Å²) in [6.07, 6.45) is 3.50. The second-order valence-corrected chi connectivity index (χ2v) is 2.77. The molecule has 60 valence electrons. The summed E-state index contributed by atoms with van der Waals surface area (Å²) in [5, 5.41) is 7.84. The van der Waals surface area contributed by atoms with Gasteiger partial charge < -0.3 is 0 Å². The molecular formula is C10H8ClN. The highest BCUT2D eigenvalue weighted by Gasteiger charge is 1.92. The molecule has 0 radical (unpaired) electrons. The highest BCUT2D eigenvalue weighted by molar-refractivity contribution is 6.23.